The van der Waals surface area contributed by atoms with Crippen LogP contribution in [0.3, 0.4) is 0 Å². The van der Waals surface area contributed by atoms with Crippen LogP contribution in [0.2, 0.25) is 0 Å². The van der Waals surface area contributed by atoms with E-state index in [0.717, 1.165) is 12.3 Å². The maximum atomic E-state index is 11.4. The van der Waals surface area contributed by atoms with E-state index >= 15 is 0 Å². The van der Waals surface area contributed by atoms with Crippen molar-refractivity contribution in [2.75, 3.05) is 7.05 Å². The highest BCUT2D eigenvalue weighted by atomic mass is 16.1. The van der Waals surface area contributed by atoms with Gasteiger partial charge in [-0.05, 0) is 45.6 Å². The lowest BCUT2D eigenvalue weighted by atomic mass is 9.87. The van der Waals surface area contributed by atoms with Crippen molar-refractivity contribution in [1.82, 2.24) is 4.90 Å². The molecule has 0 radical (unpaired) electrons. The summed E-state index contributed by atoms with van der Waals surface area (Å²) >= 11 is 0. The molecule has 2 aliphatic rings. The molecule has 2 nitrogen and oxygen atoms in total. The highest BCUT2D eigenvalue weighted by Crippen LogP contribution is 2.38. The fourth-order valence-electron chi connectivity index (χ4n) is 3.19. The number of ketones is 1. The first-order valence-electron chi connectivity index (χ1n) is 5.42. The number of rotatable bonds is 1. The van der Waals surface area contributed by atoms with E-state index < -0.39 is 0 Å². The second-order valence-corrected chi connectivity index (χ2v) is 4.63. The molecule has 3 atom stereocenters. The molecule has 0 N–H and O–H groups in total. The van der Waals surface area contributed by atoms with Gasteiger partial charge in [0, 0.05) is 6.04 Å². The quantitative estimate of drug-likeness (QED) is 0.615. The van der Waals surface area contributed by atoms with E-state index in [9.17, 15) is 4.79 Å². The van der Waals surface area contributed by atoms with E-state index in [0.29, 0.717) is 11.8 Å². The summed E-state index contributed by atoms with van der Waals surface area (Å²) in [4.78, 5) is 13.7. The largest absolute Gasteiger partial charge is 0.298 e. The van der Waals surface area contributed by atoms with Crippen LogP contribution in [0.1, 0.15) is 39.0 Å². The minimum absolute atomic E-state index is 0.222. The highest BCUT2D eigenvalue weighted by Gasteiger charge is 2.39. The van der Waals surface area contributed by atoms with Crippen LogP contribution in [0.4, 0.5) is 0 Å². The standard InChI is InChI=1S/C11H19NO/c1-8(13)10-7-6-9-4-3-5-11(9)12(10)2/h9-11H,3-7H2,1-2H3. The summed E-state index contributed by atoms with van der Waals surface area (Å²) < 4.78 is 0. The Kier molecular flexibility index (Phi) is 2.41. The molecule has 3 unspecified atom stereocenters. The van der Waals surface area contributed by atoms with Crippen molar-refractivity contribution in [3.8, 4) is 0 Å². The lowest BCUT2D eigenvalue weighted by Crippen LogP contribution is -2.49. The van der Waals surface area contributed by atoms with Crippen LogP contribution >= 0.6 is 0 Å². The monoisotopic (exact) mass is 181 g/mol. The Morgan fingerprint density at radius 1 is 1.23 bits per heavy atom. The van der Waals surface area contributed by atoms with Gasteiger partial charge in [0.2, 0.25) is 0 Å². The number of carbonyl (C=O) groups is 1. The molecule has 0 spiro atoms. The Hall–Kier alpha value is -0.370. The molecule has 0 aromatic rings. The van der Waals surface area contributed by atoms with Gasteiger partial charge in [-0.2, -0.15) is 0 Å². The Bertz CT molecular complexity index is 214. The molecule has 2 heteroatoms. The van der Waals surface area contributed by atoms with E-state index in [4.69, 9.17) is 0 Å². The molecule has 1 aliphatic carbocycles. The van der Waals surface area contributed by atoms with Crippen molar-refractivity contribution in [2.45, 2.75) is 51.1 Å². The maximum Gasteiger partial charge on any atom is 0.146 e. The van der Waals surface area contributed by atoms with Crippen molar-refractivity contribution in [1.29, 1.82) is 0 Å². The minimum atomic E-state index is 0.222. The Balaban J connectivity index is 2.08. The summed E-state index contributed by atoms with van der Waals surface area (Å²) in [6, 6.07) is 0.932. The van der Waals surface area contributed by atoms with Crippen molar-refractivity contribution >= 4 is 5.78 Å². The zero-order valence-electron chi connectivity index (χ0n) is 8.62. The van der Waals surface area contributed by atoms with E-state index in [1.165, 1.54) is 25.7 Å². The molecule has 0 aromatic heterocycles. The van der Waals surface area contributed by atoms with Crippen molar-refractivity contribution in [3.05, 3.63) is 0 Å². The molecule has 74 valence electrons. The first-order chi connectivity index (χ1) is 6.20. The zero-order chi connectivity index (χ0) is 9.42. The van der Waals surface area contributed by atoms with Crippen LogP contribution in [-0.4, -0.2) is 29.8 Å². The number of likely N-dealkylation sites (tertiary alicyclic amines) is 1. The van der Waals surface area contributed by atoms with Crippen LogP contribution in [-0.2, 0) is 4.79 Å². The fraction of sp³-hybridized carbons (Fsp3) is 0.909. The number of Topliss-reactive ketones (excluding diaryl/α,β-unsaturated/α-hetero) is 1. The van der Waals surface area contributed by atoms with E-state index in [1.54, 1.807) is 6.92 Å². The molecule has 1 aliphatic heterocycles. The molecular weight excluding hydrogens is 162 g/mol. The molecule has 1 saturated carbocycles. The topological polar surface area (TPSA) is 20.3 Å². The average Bonchev–Trinajstić information content (AvgIpc) is 2.52. The van der Waals surface area contributed by atoms with Gasteiger partial charge in [0.1, 0.15) is 5.78 Å². The average molecular weight is 181 g/mol. The van der Waals surface area contributed by atoms with Gasteiger partial charge in [0.25, 0.3) is 0 Å². The predicted octanol–water partition coefficient (Wildman–Crippen LogP) is 1.84. The van der Waals surface area contributed by atoms with Gasteiger partial charge < -0.3 is 0 Å². The Morgan fingerprint density at radius 3 is 2.69 bits per heavy atom. The third-order valence-corrected chi connectivity index (χ3v) is 3.91. The van der Waals surface area contributed by atoms with Gasteiger partial charge in [-0.3, -0.25) is 9.69 Å². The molecule has 1 heterocycles. The number of fused-ring (bicyclic) bond motifs is 1. The van der Waals surface area contributed by atoms with E-state index in [1.807, 2.05) is 0 Å². The van der Waals surface area contributed by atoms with Gasteiger partial charge in [-0.15, -0.1) is 0 Å². The summed E-state index contributed by atoms with van der Waals surface area (Å²) in [5, 5.41) is 0. The van der Waals surface area contributed by atoms with Gasteiger partial charge in [0.15, 0.2) is 0 Å². The smallest absolute Gasteiger partial charge is 0.146 e. The first kappa shape index (κ1) is 9.20. The third kappa shape index (κ3) is 1.52. The van der Waals surface area contributed by atoms with E-state index in [2.05, 4.69) is 11.9 Å². The van der Waals surface area contributed by atoms with Gasteiger partial charge in [-0.25, -0.2) is 0 Å². The highest BCUT2D eigenvalue weighted by molar-refractivity contribution is 5.81. The molecule has 13 heavy (non-hydrogen) atoms. The second-order valence-electron chi connectivity index (χ2n) is 4.63. The van der Waals surface area contributed by atoms with Crippen molar-refractivity contribution in [3.63, 3.8) is 0 Å². The summed E-state index contributed by atoms with van der Waals surface area (Å²) in [5.74, 6) is 1.24. The summed E-state index contributed by atoms with van der Waals surface area (Å²) in [6.07, 6.45) is 6.43. The number of hydrogen-bond donors (Lipinski definition) is 0. The van der Waals surface area contributed by atoms with Gasteiger partial charge >= 0.3 is 0 Å². The Morgan fingerprint density at radius 2 is 2.00 bits per heavy atom. The Labute approximate surface area is 80.3 Å². The predicted molar refractivity (Wildman–Crippen MR) is 52.6 cm³/mol. The molecule has 1 saturated heterocycles. The second kappa shape index (κ2) is 3.41. The van der Waals surface area contributed by atoms with Crippen molar-refractivity contribution in [2.24, 2.45) is 5.92 Å². The normalized spacial score (nSPS) is 40.3. The zero-order valence-corrected chi connectivity index (χ0v) is 8.62. The maximum absolute atomic E-state index is 11.4. The van der Waals surface area contributed by atoms with Crippen LogP contribution in [0.15, 0.2) is 0 Å². The number of nitrogens with zero attached hydrogens (tertiary/aromatic N) is 1. The first-order valence-corrected chi connectivity index (χ1v) is 5.42. The van der Waals surface area contributed by atoms with Crippen molar-refractivity contribution < 1.29 is 4.79 Å². The molecule has 2 fully saturated rings. The summed E-state index contributed by atoms with van der Waals surface area (Å²) in [5.41, 5.74) is 0. The van der Waals surface area contributed by atoms with Crippen LogP contribution < -0.4 is 0 Å². The number of piperidine rings is 1. The molecule has 0 aromatic carbocycles. The SMILES string of the molecule is CC(=O)C1CCC2CCCC2N1C. The lowest BCUT2D eigenvalue weighted by Gasteiger charge is -2.40. The minimum Gasteiger partial charge on any atom is -0.298 e. The van der Waals surface area contributed by atoms with E-state index in [-0.39, 0.29) is 6.04 Å². The summed E-state index contributed by atoms with van der Waals surface area (Å²) in [7, 11) is 2.13. The van der Waals surface area contributed by atoms with Crippen LogP contribution in [0.5, 0.6) is 0 Å². The molecule has 0 bridgehead atoms. The van der Waals surface area contributed by atoms with Crippen LogP contribution in [0.25, 0.3) is 0 Å². The van der Waals surface area contributed by atoms with Gasteiger partial charge in [-0.1, -0.05) is 6.42 Å². The lowest BCUT2D eigenvalue weighted by molar-refractivity contribution is -0.124. The fourth-order valence-corrected chi connectivity index (χ4v) is 3.19. The number of likely N-dealkylation sites (N-methyl/N-ethyl adjacent to an activating group) is 1. The van der Waals surface area contributed by atoms with Gasteiger partial charge in [0.05, 0.1) is 6.04 Å². The van der Waals surface area contributed by atoms with Crippen LogP contribution in [0, 0.1) is 5.92 Å². The third-order valence-electron chi connectivity index (χ3n) is 3.91. The number of carbonyl (C=O) groups excluding carboxylic acids is 1. The molecular formula is C11H19NO. The number of hydrogen-bond acceptors (Lipinski definition) is 2. The molecule has 0 amide bonds. The summed E-state index contributed by atoms with van der Waals surface area (Å²) in [6.45, 7) is 1.73. The molecule has 2 rings (SSSR count).